The van der Waals surface area contributed by atoms with E-state index in [-0.39, 0.29) is 0 Å². The van der Waals surface area contributed by atoms with Crippen molar-refractivity contribution in [3.05, 3.63) is 41.7 Å². The van der Waals surface area contributed by atoms with Gasteiger partial charge in [-0.1, -0.05) is 11.8 Å². The second kappa shape index (κ2) is 12.3. The van der Waals surface area contributed by atoms with Crippen molar-refractivity contribution >= 4 is 0 Å². The second-order valence-corrected chi connectivity index (χ2v) is 10.7. The monoisotopic (exact) mass is 507 g/mol. The van der Waals surface area contributed by atoms with Crippen molar-refractivity contribution < 1.29 is 14.2 Å². The second-order valence-electron chi connectivity index (χ2n) is 10.7. The molecule has 3 aliphatic heterocycles. The van der Waals surface area contributed by atoms with Crippen LogP contribution in [0, 0.1) is 11.8 Å². The van der Waals surface area contributed by atoms with E-state index < -0.39 is 5.79 Å². The molecule has 1 spiro atoms. The first kappa shape index (κ1) is 26.1. The Hall–Kier alpha value is -2.57. The van der Waals surface area contributed by atoms with Gasteiger partial charge in [-0.05, 0) is 45.0 Å². The van der Waals surface area contributed by atoms with Gasteiger partial charge < -0.3 is 24.4 Å². The third-order valence-electron chi connectivity index (χ3n) is 7.36. The lowest BCUT2D eigenvalue weighted by Crippen LogP contribution is -2.48. The summed E-state index contributed by atoms with van der Waals surface area (Å²) in [6.45, 7) is 10.8. The molecule has 1 aromatic heterocycles. The molecule has 3 aliphatic rings. The molecule has 5 rings (SSSR count). The number of nitrogens with one attached hydrogen (secondary N) is 1. The van der Waals surface area contributed by atoms with Gasteiger partial charge in [-0.25, -0.2) is 0 Å². The molecule has 0 aliphatic carbocycles. The van der Waals surface area contributed by atoms with Crippen molar-refractivity contribution in [2.24, 2.45) is 0 Å². The Morgan fingerprint density at radius 1 is 1.14 bits per heavy atom. The lowest BCUT2D eigenvalue weighted by Gasteiger charge is -2.35. The zero-order valence-electron chi connectivity index (χ0n) is 22.4. The van der Waals surface area contributed by atoms with Gasteiger partial charge in [-0.3, -0.25) is 9.58 Å². The minimum absolute atomic E-state index is 0.488. The molecular formula is C29H41N5O3. The van der Waals surface area contributed by atoms with Crippen LogP contribution in [0.25, 0.3) is 0 Å². The molecule has 4 heterocycles. The molecule has 37 heavy (non-hydrogen) atoms. The molecule has 0 bridgehead atoms. The normalized spacial score (nSPS) is 21.2. The van der Waals surface area contributed by atoms with Crippen LogP contribution in [0.2, 0.25) is 0 Å². The van der Waals surface area contributed by atoms with Crippen molar-refractivity contribution in [2.75, 3.05) is 53.0 Å². The average Bonchev–Trinajstić information content (AvgIpc) is 3.48. The van der Waals surface area contributed by atoms with E-state index in [0.29, 0.717) is 12.6 Å². The number of nitrogens with zero attached hydrogens (tertiary/aromatic N) is 4. The van der Waals surface area contributed by atoms with E-state index in [4.69, 9.17) is 14.2 Å². The van der Waals surface area contributed by atoms with E-state index >= 15 is 0 Å². The molecule has 1 N–H and O–H groups in total. The summed E-state index contributed by atoms with van der Waals surface area (Å²) in [5.74, 6) is 7.62. The Kier molecular flexibility index (Phi) is 8.67. The number of benzene rings is 1. The lowest BCUT2D eigenvalue weighted by atomic mass is 10.0. The fourth-order valence-electron chi connectivity index (χ4n) is 5.23. The molecule has 1 unspecified atom stereocenters. The van der Waals surface area contributed by atoms with Gasteiger partial charge in [0.05, 0.1) is 12.8 Å². The fourth-order valence-corrected chi connectivity index (χ4v) is 5.23. The van der Waals surface area contributed by atoms with Crippen molar-refractivity contribution in [3.63, 3.8) is 0 Å². The minimum Gasteiger partial charge on any atom is -0.448 e. The number of hydrogen-bond acceptors (Lipinski definition) is 7. The highest BCUT2D eigenvalue weighted by Gasteiger charge is 2.43. The highest BCUT2D eigenvalue weighted by Crippen LogP contribution is 2.43. The Morgan fingerprint density at radius 3 is 2.86 bits per heavy atom. The molecule has 200 valence electrons. The third kappa shape index (κ3) is 7.26. The maximum absolute atomic E-state index is 6.23. The number of aromatic nitrogens is 2. The maximum atomic E-state index is 6.23. The molecule has 8 heteroatoms. The van der Waals surface area contributed by atoms with E-state index in [1.165, 1.54) is 5.56 Å². The standard InChI is InChI=1S/C29H41N5O3/c1-24-21-33(16-12-30-24)22-26-20-31-34(23-26)13-4-6-18-35-17-5-3-7-25-8-9-27-28(19-25)37-29(36-27)10-14-32(2)15-11-29/h8-9,19-20,23-24,30H,4-6,10-18,21-22H2,1-2H3. The predicted molar refractivity (Wildman–Crippen MR) is 144 cm³/mol. The van der Waals surface area contributed by atoms with E-state index in [1.54, 1.807) is 0 Å². The molecule has 1 aromatic carbocycles. The number of fused-ring (bicyclic) bond motifs is 1. The van der Waals surface area contributed by atoms with Crippen LogP contribution in [0.4, 0.5) is 0 Å². The quantitative estimate of drug-likeness (QED) is 0.413. The first-order valence-corrected chi connectivity index (χ1v) is 13.8. The third-order valence-corrected chi connectivity index (χ3v) is 7.36. The van der Waals surface area contributed by atoms with Crippen LogP contribution in [-0.2, 0) is 17.8 Å². The Balaban J connectivity index is 0.945. The zero-order chi connectivity index (χ0) is 25.5. The first-order valence-electron chi connectivity index (χ1n) is 13.8. The summed E-state index contributed by atoms with van der Waals surface area (Å²) in [6, 6.07) is 6.56. The van der Waals surface area contributed by atoms with Crippen molar-refractivity contribution in [1.82, 2.24) is 24.9 Å². The van der Waals surface area contributed by atoms with E-state index in [1.807, 2.05) is 24.4 Å². The Morgan fingerprint density at radius 2 is 2.00 bits per heavy atom. The minimum atomic E-state index is -0.488. The molecular weight excluding hydrogens is 466 g/mol. The van der Waals surface area contributed by atoms with Gasteiger partial charge in [0.1, 0.15) is 0 Å². The fraction of sp³-hybridized carbons (Fsp3) is 0.621. The van der Waals surface area contributed by atoms with Crippen molar-refractivity contribution in [3.8, 4) is 23.3 Å². The number of hydrogen-bond donors (Lipinski definition) is 1. The van der Waals surface area contributed by atoms with Gasteiger partial charge >= 0.3 is 0 Å². The van der Waals surface area contributed by atoms with Crippen molar-refractivity contribution in [1.29, 1.82) is 0 Å². The number of unbranched alkanes of at least 4 members (excludes halogenated alkanes) is 1. The summed E-state index contributed by atoms with van der Waals surface area (Å²) in [6.07, 6.45) is 8.77. The number of rotatable bonds is 9. The van der Waals surface area contributed by atoms with Gasteiger partial charge in [0.15, 0.2) is 11.5 Å². The maximum Gasteiger partial charge on any atom is 0.254 e. The van der Waals surface area contributed by atoms with Crippen LogP contribution in [0.5, 0.6) is 11.5 Å². The summed E-state index contributed by atoms with van der Waals surface area (Å²) in [5, 5.41) is 8.03. The zero-order valence-corrected chi connectivity index (χ0v) is 22.4. The summed E-state index contributed by atoms with van der Waals surface area (Å²) in [4.78, 5) is 4.81. The smallest absolute Gasteiger partial charge is 0.254 e. The van der Waals surface area contributed by atoms with Crippen molar-refractivity contribution in [2.45, 2.75) is 63.9 Å². The number of piperidine rings is 1. The van der Waals surface area contributed by atoms with Crippen LogP contribution in [0.3, 0.4) is 0 Å². The van der Waals surface area contributed by atoms with E-state index in [9.17, 15) is 0 Å². The number of ether oxygens (including phenoxy) is 3. The predicted octanol–water partition coefficient (Wildman–Crippen LogP) is 3.11. The summed E-state index contributed by atoms with van der Waals surface area (Å²) >= 11 is 0. The Labute approximate surface area is 221 Å². The first-order chi connectivity index (χ1) is 18.1. The van der Waals surface area contributed by atoms with Gasteiger partial charge in [-0.2, -0.15) is 5.10 Å². The molecule has 2 fully saturated rings. The lowest BCUT2D eigenvalue weighted by molar-refractivity contribution is -0.116. The van der Waals surface area contributed by atoms with Gasteiger partial charge in [0.2, 0.25) is 0 Å². The number of likely N-dealkylation sites (tertiary alicyclic amines) is 1. The number of piperazine rings is 1. The van der Waals surface area contributed by atoms with Gasteiger partial charge in [0.25, 0.3) is 5.79 Å². The molecule has 2 saturated heterocycles. The average molecular weight is 508 g/mol. The highest BCUT2D eigenvalue weighted by molar-refractivity contribution is 5.50. The number of aryl methyl sites for hydroxylation is 1. The van der Waals surface area contributed by atoms with Crippen LogP contribution in [0.1, 0.15) is 50.2 Å². The van der Waals surface area contributed by atoms with Crippen LogP contribution >= 0.6 is 0 Å². The van der Waals surface area contributed by atoms with E-state index in [0.717, 1.165) is 102 Å². The molecule has 1 atom stereocenters. The van der Waals surface area contributed by atoms with Gasteiger partial charge in [-0.15, -0.1) is 0 Å². The molecule has 0 radical (unpaired) electrons. The van der Waals surface area contributed by atoms with E-state index in [2.05, 4.69) is 56.9 Å². The molecule has 0 amide bonds. The van der Waals surface area contributed by atoms with Crippen LogP contribution in [-0.4, -0.2) is 84.4 Å². The molecule has 0 saturated carbocycles. The van der Waals surface area contributed by atoms with Crippen LogP contribution in [0.15, 0.2) is 30.6 Å². The topological polar surface area (TPSA) is 64.0 Å². The largest absolute Gasteiger partial charge is 0.448 e. The summed E-state index contributed by atoms with van der Waals surface area (Å²) < 4.78 is 20.2. The summed E-state index contributed by atoms with van der Waals surface area (Å²) in [7, 11) is 2.14. The highest BCUT2D eigenvalue weighted by atomic mass is 16.7. The Bertz CT molecular complexity index is 1080. The molecule has 8 nitrogen and oxygen atoms in total. The SMILES string of the molecule is CC1CN(Cc2cnn(CCCCOCCC#Cc3ccc4c(c3)OC3(CCN(C)CC3)O4)c2)CCN1. The van der Waals surface area contributed by atoms with Gasteiger partial charge in [0, 0.05) is 95.0 Å². The van der Waals surface area contributed by atoms with Crippen LogP contribution < -0.4 is 14.8 Å². The molecule has 2 aromatic rings. The summed E-state index contributed by atoms with van der Waals surface area (Å²) in [5.41, 5.74) is 2.25.